The minimum absolute atomic E-state index is 0.700. The first-order chi connectivity index (χ1) is 13.1. The first-order valence-corrected chi connectivity index (χ1v) is 10.7. The monoisotopic (exact) mass is 462 g/mol. The van der Waals surface area contributed by atoms with E-state index in [0.29, 0.717) is 5.76 Å². The summed E-state index contributed by atoms with van der Waals surface area (Å²) in [5.74, 6) is 0.700. The number of furan rings is 1. The smallest absolute Gasteiger partial charge is 0.179 e. The van der Waals surface area contributed by atoms with Crippen molar-refractivity contribution in [3.63, 3.8) is 0 Å². The Morgan fingerprint density at radius 1 is 1.07 bits per heavy atom. The molecule has 0 bridgehead atoms. The highest BCUT2D eigenvalue weighted by molar-refractivity contribution is 9.10. The van der Waals surface area contributed by atoms with Gasteiger partial charge in [-0.15, -0.1) is 0 Å². The number of nitrogens with zero attached hydrogens (tertiary/aromatic N) is 2. The van der Waals surface area contributed by atoms with E-state index in [4.69, 9.17) is 16.0 Å². The van der Waals surface area contributed by atoms with Crippen molar-refractivity contribution in [2.75, 3.05) is 18.0 Å². The minimum atomic E-state index is 0.700. The fourth-order valence-corrected chi connectivity index (χ4v) is 4.04. The lowest BCUT2D eigenvalue weighted by Gasteiger charge is -2.20. The van der Waals surface area contributed by atoms with Crippen LogP contribution in [0.2, 0.25) is 5.02 Å². The summed E-state index contributed by atoms with van der Waals surface area (Å²) in [6.07, 6.45) is 1.74. The molecule has 27 heavy (non-hydrogen) atoms. The molecular formula is C21H20BrClN2OS. The predicted octanol–water partition coefficient (Wildman–Crippen LogP) is 7.44. The highest BCUT2D eigenvalue weighted by atomic mass is 79.9. The molecule has 140 valence electrons. The van der Waals surface area contributed by atoms with Gasteiger partial charge in [-0.3, -0.25) is 4.99 Å². The molecular weight excluding hydrogens is 444 g/mol. The van der Waals surface area contributed by atoms with Gasteiger partial charge in [0.05, 0.1) is 16.4 Å². The van der Waals surface area contributed by atoms with Gasteiger partial charge in [-0.05, 0) is 78.3 Å². The van der Waals surface area contributed by atoms with Gasteiger partial charge >= 0.3 is 0 Å². The summed E-state index contributed by atoms with van der Waals surface area (Å²) in [5, 5.41) is 1.51. The standard InChI is InChI=1S/C21H20BrClN2OS/c1-3-25(4-2)17-9-7-16(8-10-17)24-14-18-13-20(22)21(26-18)27-19-11-5-15(23)6-12-19/h5-14H,3-4H2,1-2H3. The van der Waals surface area contributed by atoms with Gasteiger partial charge in [-0.1, -0.05) is 23.4 Å². The molecule has 0 N–H and O–H groups in total. The third-order valence-corrected chi connectivity index (χ3v) is 6.12. The summed E-state index contributed by atoms with van der Waals surface area (Å²) in [7, 11) is 0. The Bertz CT molecular complexity index is 903. The zero-order chi connectivity index (χ0) is 19.2. The first-order valence-electron chi connectivity index (χ1n) is 8.71. The molecule has 0 saturated carbocycles. The molecule has 0 radical (unpaired) electrons. The Hall–Kier alpha value is -1.69. The first kappa shape index (κ1) is 20.1. The van der Waals surface area contributed by atoms with Crippen molar-refractivity contribution < 1.29 is 4.42 Å². The second kappa shape index (κ2) is 9.49. The van der Waals surface area contributed by atoms with E-state index >= 15 is 0 Å². The quantitative estimate of drug-likeness (QED) is 0.341. The van der Waals surface area contributed by atoms with Crippen LogP contribution in [0.4, 0.5) is 11.4 Å². The lowest BCUT2D eigenvalue weighted by atomic mass is 10.2. The van der Waals surface area contributed by atoms with Gasteiger partial charge in [-0.2, -0.15) is 0 Å². The van der Waals surface area contributed by atoms with Crippen LogP contribution in [-0.4, -0.2) is 19.3 Å². The van der Waals surface area contributed by atoms with Crippen molar-refractivity contribution in [1.29, 1.82) is 0 Å². The molecule has 0 spiro atoms. The van der Waals surface area contributed by atoms with Gasteiger partial charge in [0.1, 0.15) is 5.76 Å². The lowest BCUT2D eigenvalue weighted by Crippen LogP contribution is -2.21. The van der Waals surface area contributed by atoms with Crippen LogP contribution in [0.15, 0.2) is 78.5 Å². The second-order valence-corrected chi connectivity index (χ2v) is 8.12. The highest BCUT2D eigenvalue weighted by Crippen LogP contribution is 2.36. The third-order valence-electron chi connectivity index (χ3n) is 4.02. The van der Waals surface area contributed by atoms with E-state index in [-0.39, 0.29) is 0 Å². The fourth-order valence-electron chi connectivity index (χ4n) is 2.59. The molecule has 6 heteroatoms. The number of rotatable bonds is 7. The van der Waals surface area contributed by atoms with Crippen LogP contribution < -0.4 is 4.90 Å². The third kappa shape index (κ3) is 5.41. The molecule has 0 saturated heterocycles. The molecule has 1 aromatic heterocycles. The molecule has 3 nitrogen and oxygen atoms in total. The van der Waals surface area contributed by atoms with Crippen LogP contribution in [0, 0.1) is 0 Å². The molecule has 0 aliphatic heterocycles. The molecule has 0 aliphatic carbocycles. The van der Waals surface area contributed by atoms with Crippen molar-refractivity contribution in [2.24, 2.45) is 4.99 Å². The second-order valence-electron chi connectivity index (χ2n) is 5.79. The predicted molar refractivity (Wildman–Crippen MR) is 119 cm³/mol. The van der Waals surface area contributed by atoms with E-state index in [9.17, 15) is 0 Å². The summed E-state index contributed by atoms with van der Waals surface area (Å²) in [5.41, 5.74) is 2.10. The zero-order valence-corrected chi connectivity index (χ0v) is 18.3. The average molecular weight is 464 g/mol. The Labute approximate surface area is 177 Å². The average Bonchev–Trinajstić information content (AvgIpc) is 3.03. The molecule has 1 heterocycles. The fraction of sp³-hybridized carbons (Fsp3) is 0.190. The molecule has 0 amide bonds. The van der Waals surface area contributed by atoms with Crippen LogP contribution in [0.1, 0.15) is 19.6 Å². The highest BCUT2D eigenvalue weighted by Gasteiger charge is 2.10. The van der Waals surface area contributed by atoms with Gasteiger partial charge in [0.2, 0.25) is 0 Å². The topological polar surface area (TPSA) is 28.7 Å². The van der Waals surface area contributed by atoms with Gasteiger partial charge in [0, 0.05) is 34.8 Å². The van der Waals surface area contributed by atoms with Crippen molar-refractivity contribution >= 4 is 56.9 Å². The van der Waals surface area contributed by atoms with E-state index < -0.39 is 0 Å². The maximum absolute atomic E-state index is 5.93. The van der Waals surface area contributed by atoms with E-state index in [1.165, 1.54) is 17.4 Å². The molecule has 0 atom stereocenters. The van der Waals surface area contributed by atoms with E-state index in [0.717, 1.165) is 38.3 Å². The minimum Gasteiger partial charge on any atom is -0.447 e. The van der Waals surface area contributed by atoms with E-state index in [1.807, 2.05) is 42.5 Å². The molecule has 3 rings (SSSR count). The number of hydrogen-bond acceptors (Lipinski definition) is 4. The van der Waals surface area contributed by atoms with Crippen LogP contribution >= 0.6 is 39.3 Å². The van der Waals surface area contributed by atoms with Gasteiger partial charge in [-0.25, -0.2) is 0 Å². The Morgan fingerprint density at radius 3 is 2.37 bits per heavy atom. The van der Waals surface area contributed by atoms with Crippen molar-refractivity contribution in [3.05, 3.63) is 69.9 Å². The molecule has 3 aromatic rings. The molecule has 0 fully saturated rings. The van der Waals surface area contributed by atoms with Crippen molar-refractivity contribution in [2.45, 2.75) is 23.8 Å². The van der Waals surface area contributed by atoms with Crippen molar-refractivity contribution in [1.82, 2.24) is 0 Å². The van der Waals surface area contributed by atoms with Crippen LogP contribution in [0.3, 0.4) is 0 Å². The Morgan fingerprint density at radius 2 is 1.74 bits per heavy atom. The largest absolute Gasteiger partial charge is 0.447 e. The molecule has 0 unspecified atom stereocenters. The Kier molecular flexibility index (Phi) is 7.05. The summed E-state index contributed by atoms with van der Waals surface area (Å²) in [4.78, 5) is 7.88. The van der Waals surface area contributed by atoms with E-state index in [2.05, 4.69) is 51.8 Å². The zero-order valence-electron chi connectivity index (χ0n) is 15.2. The Balaban J connectivity index is 1.69. The number of aliphatic imine (C=N–C) groups is 1. The summed E-state index contributed by atoms with van der Waals surface area (Å²) < 4.78 is 6.80. The number of hydrogen-bond donors (Lipinski definition) is 0. The van der Waals surface area contributed by atoms with Crippen molar-refractivity contribution in [3.8, 4) is 0 Å². The summed E-state index contributed by atoms with van der Waals surface area (Å²) in [6.45, 7) is 6.30. The van der Waals surface area contributed by atoms with E-state index in [1.54, 1.807) is 6.21 Å². The normalized spacial score (nSPS) is 11.3. The number of benzene rings is 2. The summed E-state index contributed by atoms with van der Waals surface area (Å²) in [6, 6.07) is 17.8. The van der Waals surface area contributed by atoms with Gasteiger partial charge in [0.15, 0.2) is 5.09 Å². The lowest BCUT2D eigenvalue weighted by molar-refractivity contribution is 0.466. The maximum atomic E-state index is 5.93. The van der Waals surface area contributed by atoms with Crippen LogP contribution in [0.5, 0.6) is 0 Å². The van der Waals surface area contributed by atoms with Crippen LogP contribution in [0.25, 0.3) is 0 Å². The molecule has 0 aliphatic rings. The number of halogens is 2. The molecule has 2 aromatic carbocycles. The SMILES string of the molecule is CCN(CC)c1ccc(N=Cc2cc(Br)c(Sc3ccc(Cl)cc3)o2)cc1. The van der Waals surface area contributed by atoms with Gasteiger partial charge in [0.25, 0.3) is 0 Å². The maximum Gasteiger partial charge on any atom is 0.179 e. The van der Waals surface area contributed by atoms with Crippen LogP contribution in [-0.2, 0) is 0 Å². The summed E-state index contributed by atoms with van der Waals surface area (Å²) >= 11 is 11.0. The van der Waals surface area contributed by atoms with Gasteiger partial charge < -0.3 is 9.32 Å². The number of anilines is 1.